The molecule has 5 rings (SSSR count). The van der Waals surface area contributed by atoms with Crippen LogP contribution in [0.4, 0.5) is 11.4 Å². The minimum Gasteiger partial charge on any atom is -0.295 e. The van der Waals surface area contributed by atoms with Gasteiger partial charge in [0.1, 0.15) is 5.37 Å². The normalized spacial score (nSPS) is 16.3. The fraction of sp³-hybridized carbons (Fsp3) is 0.115. The van der Waals surface area contributed by atoms with Gasteiger partial charge in [-0.05, 0) is 59.7 Å². The Balaban J connectivity index is 1.43. The largest absolute Gasteiger partial charge is 0.295 e. The van der Waals surface area contributed by atoms with Crippen molar-refractivity contribution in [1.82, 2.24) is 0 Å². The van der Waals surface area contributed by atoms with Crippen molar-refractivity contribution < 1.29 is 13.2 Å². The van der Waals surface area contributed by atoms with Crippen LogP contribution in [0.3, 0.4) is 0 Å². The third-order valence-corrected chi connectivity index (χ3v) is 8.23. The highest BCUT2D eigenvalue weighted by molar-refractivity contribution is 8.00. The van der Waals surface area contributed by atoms with Gasteiger partial charge in [0.05, 0.1) is 10.6 Å². The van der Waals surface area contributed by atoms with E-state index in [1.54, 1.807) is 35.2 Å². The second-order valence-electron chi connectivity index (χ2n) is 8.00. The monoisotopic (exact) mass is 474 g/mol. The van der Waals surface area contributed by atoms with Crippen molar-refractivity contribution in [2.24, 2.45) is 0 Å². The van der Waals surface area contributed by atoms with Gasteiger partial charge in [0.25, 0.3) is 10.0 Å². The van der Waals surface area contributed by atoms with Gasteiger partial charge in [0.15, 0.2) is 0 Å². The maximum Gasteiger partial charge on any atom is 0.261 e. The van der Waals surface area contributed by atoms with Gasteiger partial charge in [-0.2, -0.15) is 0 Å². The number of carbonyl (C=O) groups is 1. The molecule has 0 aromatic heterocycles. The van der Waals surface area contributed by atoms with Crippen LogP contribution in [0.15, 0.2) is 95.9 Å². The van der Waals surface area contributed by atoms with Gasteiger partial charge in [0, 0.05) is 11.4 Å². The minimum absolute atomic E-state index is 0.0380. The van der Waals surface area contributed by atoms with Gasteiger partial charge in [-0.1, -0.05) is 60.2 Å². The van der Waals surface area contributed by atoms with E-state index in [2.05, 4.69) is 4.72 Å². The minimum atomic E-state index is -3.76. The number of nitrogens with one attached hydrogen (secondary N) is 1. The van der Waals surface area contributed by atoms with Crippen molar-refractivity contribution in [3.8, 4) is 0 Å². The number of carbonyl (C=O) groups excluding carboxylic acids is 1. The second kappa shape index (κ2) is 8.57. The summed E-state index contributed by atoms with van der Waals surface area (Å²) in [4.78, 5) is 14.6. The number of benzene rings is 4. The average molecular weight is 475 g/mol. The van der Waals surface area contributed by atoms with Gasteiger partial charge >= 0.3 is 0 Å². The molecule has 33 heavy (non-hydrogen) atoms. The molecule has 0 aliphatic carbocycles. The van der Waals surface area contributed by atoms with Crippen LogP contribution in [0.1, 0.15) is 16.5 Å². The first-order valence-corrected chi connectivity index (χ1v) is 13.1. The number of anilines is 2. The third-order valence-electron chi connectivity index (χ3n) is 5.64. The van der Waals surface area contributed by atoms with Gasteiger partial charge in [-0.15, -0.1) is 11.8 Å². The molecule has 4 aromatic carbocycles. The molecule has 0 radical (unpaired) electrons. The molecule has 0 unspecified atom stereocenters. The molecule has 1 N–H and O–H groups in total. The lowest BCUT2D eigenvalue weighted by atomic mass is 10.1. The zero-order chi connectivity index (χ0) is 23.0. The second-order valence-corrected chi connectivity index (χ2v) is 10.8. The summed E-state index contributed by atoms with van der Waals surface area (Å²) >= 11 is 1.53. The van der Waals surface area contributed by atoms with Crippen LogP contribution in [0.2, 0.25) is 0 Å². The molecule has 7 heteroatoms. The molecular formula is C26H22N2O3S2. The first-order valence-electron chi connectivity index (χ1n) is 10.5. The van der Waals surface area contributed by atoms with Crippen LogP contribution in [0, 0.1) is 6.92 Å². The standard InChI is InChI=1S/C26H22N2O3S2/c1-18-9-12-23(13-10-18)28-25(29)17-32-26(28)21-7-4-8-22(15-21)27-33(30,31)24-14-11-19-5-2-3-6-20(19)16-24/h2-16,26-27H,17H2,1H3/t26-/m1/s1. The van der Waals surface area contributed by atoms with Gasteiger partial charge in [0.2, 0.25) is 5.91 Å². The summed E-state index contributed by atoms with van der Waals surface area (Å²) in [6.07, 6.45) is 0. The Labute approximate surface area is 197 Å². The molecule has 4 aromatic rings. The number of aryl methyl sites for hydroxylation is 1. The number of amides is 1. The number of thioether (sulfide) groups is 1. The molecule has 1 saturated heterocycles. The Morgan fingerprint density at radius 3 is 2.42 bits per heavy atom. The van der Waals surface area contributed by atoms with E-state index in [4.69, 9.17) is 0 Å². The smallest absolute Gasteiger partial charge is 0.261 e. The van der Waals surface area contributed by atoms with Crippen molar-refractivity contribution in [1.29, 1.82) is 0 Å². The van der Waals surface area contributed by atoms with E-state index >= 15 is 0 Å². The highest BCUT2D eigenvalue weighted by Crippen LogP contribution is 2.42. The van der Waals surface area contributed by atoms with Crippen LogP contribution in [-0.4, -0.2) is 20.1 Å². The van der Waals surface area contributed by atoms with E-state index in [-0.39, 0.29) is 16.2 Å². The lowest BCUT2D eigenvalue weighted by Gasteiger charge is -2.25. The molecule has 0 bridgehead atoms. The van der Waals surface area contributed by atoms with Crippen molar-refractivity contribution >= 4 is 49.8 Å². The number of rotatable bonds is 5. The Kier molecular flexibility index (Phi) is 5.60. The molecule has 1 amide bonds. The quantitative estimate of drug-likeness (QED) is 0.401. The number of hydrogen-bond donors (Lipinski definition) is 1. The van der Waals surface area contributed by atoms with Crippen LogP contribution in [0.5, 0.6) is 0 Å². The van der Waals surface area contributed by atoms with Crippen LogP contribution in [0.25, 0.3) is 10.8 Å². The summed E-state index contributed by atoms with van der Waals surface area (Å²) in [6, 6.07) is 27.8. The Morgan fingerprint density at radius 2 is 1.64 bits per heavy atom. The Bertz CT molecular complexity index is 1450. The van der Waals surface area contributed by atoms with Gasteiger partial charge in [-0.25, -0.2) is 8.42 Å². The van der Waals surface area contributed by atoms with E-state index in [0.29, 0.717) is 11.4 Å². The van der Waals surface area contributed by atoms with Crippen molar-refractivity contribution in [2.75, 3.05) is 15.4 Å². The van der Waals surface area contributed by atoms with Crippen molar-refractivity contribution in [3.05, 3.63) is 102 Å². The summed E-state index contributed by atoms with van der Waals surface area (Å²) in [5.74, 6) is 0.419. The number of hydrogen-bond acceptors (Lipinski definition) is 4. The lowest BCUT2D eigenvalue weighted by Crippen LogP contribution is -2.27. The lowest BCUT2D eigenvalue weighted by molar-refractivity contribution is -0.115. The third kappa shape index (κ3) is 4.34. The summed E-state index contributed by atoms with van der Waals surface area (Å²) < 4.78 is 28.8. The number of fused-ring (bicyclic) bond motifs is 1. The summed E-state index contributed by atoms with van der Waals surface area (Å²) in [5.41, 5.74) is 3.29. The van der Waals surface area contributed by atoms with Crippen molar-refractivity contribution in [3.63, 3.8) is 0 Å². The maximum absolute atomic E-state index is 13.1. The molecule has 1 aliphatic heterocycles. The van der Waals surface area contributed by atoms with Crippen LogP contribution < -0.4 is 9.62 Å². The molecule has 1 heterocycles. The molecule has 1 fully saturated rings. The van der Waals surface area contributed by atoms with E-state index in [1.165, 1.54) is 11.8 Å². The predicted molar refractivity (Wildman–Crippen MR) is 135 cm³/mol. The fourth-order valence-electron chi connectivity index (χ4n) is 3.96. The molecule has 0 saturated carbocycles. The number of nitrogens with zero attached hydrogens (tertiary/aromatic N) is 1. The van der Waals surface area contributed by atoms with Crippen LogP contribution in [-0.2, 0) is 14.8 Å². The Morgan fingerprint density at radius 1 is 0.879 bits per heavy atom. The maximum atomic E-state index is 13.1. The molecule has 5 nitrogen and oxygen atoms in total. The first kappa shape index (κ1) is 21.6. The van der Waals surface area contributed by atoms with E-state index < -0.39 is 10.0 Å². The molecular weight excluding hydrogens is 452 g/mol. The van der Waals surface area contributed by atoms with Gasteiger partial charge < -0.3 is 0 Å². The van der Waals surface area contributed by atoms with E-state index in [1.807, 2.05) is 67.6 Å². The predicted octanol–water partition coefficient (Wildman–Crippen LogP) is 5.73. The zero-order valence-corrected chi connectivity index (χ0v) is 19.6. The highest BCUT2D eigenvalue weighted by atomic mass is 32.2. The molecule has 166 valence electrons. The van der Waals surface area contributed by atoms with E-state index in [0.717, 1.165) is 27.6 Å². The van der Waals surface area contributed by atoms with Crippen LogP contribution >= 0.6 is 11.8 Å². The highest BCUT2D eigenvalue weighted by Gasteiger charge is 2.34. The molecule has 1 atom stereocenters. The summed E-state index contributed by atoms with van der Waals surface area (Å²) in [7, 11) is -3.76. The summed E-state index contributed by atoms with van der Waals surface area (Å²) in [5, 5.41) is 1.63. The van der Waals surface area contributed by atoms with Gasteiger partial charge in [-0.3, -0.25) is 14.4 Å². The van der Waals surface area contributed by atoms with E-state index in [9.17, 15) is 13.2 Å². The SMILES string of the molecule is Cc1ccc(N2C(=O)CS[C@@H]2c2cccc(NS(=O)(=O)c3ccc4ccccc4c3)c2)cc1. The Hall–Kier alpha value is -3.29. The van der Waals surface area contributed by atoms with Crippen molar-refractivity contribution in [2.45, 2.75) is 17.2 Å². The first-order chi connectivity index (χ1) is 15.9. The zero-order valence-electron chi connectivity index (χ0n) is 17.9. The summed E-state index contributed by atoms with van der Waals surface area (Å²) in [6.45, 7) is 2.01. The molecule has 1 aliphatic rings. The topological polar surface area (TPSA) is 66.5 Å². The molecule has 0 spiro atoms. The number of sulfonamides is 1. The average Bonchev–Trinajstić information content (AvgIpc) is 3.20. The fourth-order valence-corrected chi connectivity index (χ4v) is 6.21.